The van der Waals surface area contributed by atoms with E-state index in [0.717, 1.165) is 32.2 Å². The number of hydrogen-bond acceptors (Lipinski definition) is 2. The van der Waals surface area contributed by atoms with E-state index in [1.165, 1.54) is 31.2 Å². The molecule has 0 amide bonds. The van der Waals surface area contributed by atoms with Gasteiger partial charge in [-0.3, -0.25) is 0 Å². The van der Waals surface area contributed by atoms with Gasteiger partial charge in [0.15, 0.2) is 0 Å². The van der Waals surface area contributed by atoms with Gasteiger partial charge in [0.25, 0.3) is 0 Å². The van der Waals surface area contributed by atoms with E-state index in [1.807, 2.05) is 0 Å². The van der Waals surface area contributed by atoms with E-state index in [2.05, 4.69) is 35.6 Å². The van der Waals surface area contributed by atoms with Gasteiger partial charge in [0.1, 0.15) is 0 Å². The van der Waals surface area contributed by atoms with Crippen molar-refractivity contribution in [3.63, 3.8) is 0 Å². The first-order chi connectivity index (χ1) is 8.45. The van der Waals surface area contributed by atoms with E-state index in [-0.39, 0.29) is 0 Å². The first kappa shape index (κ1) is 12.6. The summed E-state index contributed by atoms with van der Waals surface area (Å²) < 4.78 is 5.63. The topological polar surface area (TPSA) is 21.3 Å². The zero-order chi connectivity index (χ0) is 11.8. The van der Waals surface area contributed by atoms with Gasteiger partial charge in [0.2, 0.25) is 0 Å². The maximum atomic E-state index is 5.63. The number of nitrogens with one attached hydrogen (secondary N) is 1. The number of benzene rings is 1. The Balaban J connectivity index is 1.46. The highest BCUT2D eigenvalue weighted by Crippen LogP contribution is 2.17. The molecule has 2 nitrogen and oxygen atoms in total. The molecule has 1 aliphatic carbocycles. The van der Waals surface area contributed by atoms with Crippen LogP contribution in [-0.2, 0) is 11.2 Å². The molecule has 1 aliphatic rings. The van der Waals surface area contributed by atoms with Gasteiger partial charge in [-0.1, -0.05) is 43.2 Å². The highest BCUT2D eigenvalue weighted by atomic mass is 16.5. The fourth-order valence-corrected chi connectivity index (χ4v) is 2.40. The molecule has 1 saturated carbocycles. The third-order valence-electron chi connectivity index (χ3n) is 3.41. The minimum absolute atomic E-state index is 0.757. The van der Waals surface area contributed by atoms with Crippen molar-refractivity contribution < 1.29 is 4.74 Å². The molecule has 0 saturated heterocycles. The molecule has 94 valence electrons. The van der Waals surface area contributed by atoms with E-state index < -0.39 is 0 Å². The smallest absolute Gasteiger partial charge is 0.0591 e. The van der Waals surface area contributed by atoms with E-state index in [0.29, 0.717) is 0 Å². The Labute approximate surface area is 104 Å². The third kappa shape index (κ3) is 4.88. The van der Waals surface area contributed by atoms with Gasteiger partial charge in [-0.05, 0) is 24.8 Å². The molecule has 2 rings (SSSR count). The lowest BCUT2D eigenvalue weighted by atomic mass is 10.2. The van der Waals surface area contributed by atoms with Crippen LogP contribution in [0.4, 0.5) is 0 Å². The average Bonchev–Trinajstić information content (AvgIpc) is 2.88. The predicted octanol–water partition coefficient (Wildman–Crippen LogP) is 2.78. The van der Waals surface area contributed by atoms with Crippen molar-refractivity contribution in [3.05, 3.63) is 35.9 Å². The van der Waals surface area contributed by atoms with Crippen molar-refractivity contribution >= 4 is 0 Å². The summed E-state index contributed by atoms with van der Waals surface area (Å²) in [6, 6.07) is 11.3. The summed E-state index contributed by atoms with van der Waals surface area (Å²) in [6.45, 7) is 2.67. The molecule has 0 atom stereocenters. The molecular formula is C15H23NO. The fourth-order valence-electron chi connectivity index (χ4n) is 2.40. The predicted molar refractivity (Wildman–Crippen MR) is 71.2 cm³/mol. The van der Waals surface area contributed by atoms with Crippen LogP contribution in [0.5, 0.6) is 0 Å². The third-order valence-corrected chi connectivity index (χ3v) is 3.41. The van der Waals surface area contributed by atoms with Crippen molar-refractivity contribution in [3.8, 4) is 0 Å². The summed E-state index contributed by atoms with van der Waals surface area (Å²) in [4.78, 5) is 0. The summed E-state index contributed by atoms with van der Waals surface area (Å²) in [5.74, 6) is 0. The molecule has 1 aromatic rings. The van der Waals surface area contributed by atoms with Crippen molar-refractivity contribution in [2.24, 2.45) is 0 Å². The van der Waals surface area contributed by atoms with E-state index in [1.54, 1.807) is 0 Å². The average molecular weight is 233 g/mol. The van der Waals surface area contributed by atoms with Crippen molar-refractivity contribution in [2.75, 3.05) is 19.8 Å². The van der Waals surface area contributed by atoms with Crippen LogP contribution in [0, 0.1) is 0 Å². The molecule has 0 heterocycles. The second-order valence-corrected chi connectivity index (χ2v) is 4.78. The molecule has 0 bridgehead atoms. The Morgan fingerprint density at radius 3 is 2.59 bits per heavy atom. The molecule has 1 fully saturated rings. The second-order valence-electron chi connectivity index (χ2n) is 4.78. The van der Waals surface area contributed by atoms with Crippen LogP contribution in [0.15, 0.2) is 30.3 Å². The van der Waals surface area contributed by atoms with Gasteiger partial charge in [-0.2, -0.15) is 0 Å². The van der Waals surface area contributed by atoms with E-state index in [9.17, 15) is 0 Å². The van der Waals surface area contributed by atoms with Crippen LogP contribution < -0.4 is 5.32 Å². The van der Waals surface area contributed by atoms with Gasteiger partial charge in [-0.15, -0.1) is 0 Å². The Morgan fingerprint density at radius 2 is 1.82 bits per heavy atom. The van der Waals surface area contributed by atoms with Crippen LogP contribution in [0.3, 0.4) is 0 Å². The summed E-state index contributed by atoms with van der Waals surface area (Å²) in [5, 5.41) is 3.56. The van der Waals surface area contributed by atoms with E-state index in [4.69, 9.17) is 4.74 Å². The molecule has 0 unspecified atom stereocenters. The molecule has 0 radical (unpaired) electrons. The Hall–Kier alpha value is -0.860. The maximum Gasteiger partial charge on any atom is 0.0591 e. The van der Waals surface area contributed by atoms with Gasteiger partial charge < -0.3 is 10.1 Å². The summed E-state index contributed by atoms with van der Waals surface area (Å²) in [7, 11) is 0. The summed E-state index contributed by atoms with van der Waals surface area (Å²) in [6.07, 6.45) is 6.51. The van der Waals surface area contributed by atoms with Crippen molar-refractivity contribution in [2.45, 2.75) is 38.1 Å². The Bertz CT molecular complexity index is 293. The Morgan fingerprint density at radius 1 is 1.06 bits per heavy atom. The fraction of sp³-hybridized carbons (Fsp3) is 0.600. The molecule has 1 aromatic carbocycles. The lowest BCUT2D eigenvalue weighted by Gasteiger charge is -2.11. The molecule has 1 N–H and O–H groups in total. The zero-order valence-electron chi connectivity index (χ0n) is 10.5. The lowest BCUT2D eigenvalue weighted by Crippen LogP contribution is -2.29. The minimum atomic E-state index is 0.757. The van der Waals surface area contributed by atoms with Crippen LogP contribution in [0.1, 0.15) is 31.2 Å². The zero-order valence-corrected chi connectivity index (χ0v) is 10.5. The number of hydrogen-bond donors (Lipinski definition) is 1. The summed E-state index contributed by atoms with van der Waals surface area (Å²) in [5.41, 5.74) is 1.36. The number of ether oxygens (including phenoxy) is 1. The molecule has 2 heteroatoms. The van der Waals surface area contributed by atoms with Gasteiger partial charge in [-0.25, -0.2) is 0 Å². The largest absolute Gasteiger partial charge is 0.380 e. The first-order valence-electron chi connectivity index (χ1n) is 6.80. The molecule has 17 heavy (non-hydrogen) atoms. The highest BCUT2D eigenvalue weighted by molar-refractivity contribution is 5.14. The lowest BCUT2D eigenvalue weighted by molar-refractivity contribution is 0.137. The van der Waals surface area contributed by atoms with Crippen LogP contribution in [0.25, 0.3) is 0 Å². The number of rotatable bonds is 7. The standard InChI is InChI=1S/C15H23NO/c1-2-6-14(7-3-1)10-12-17-13-11-16-15-8-4-5-9-15/h1-3,6-7,15-16H,4-5,8-13H2. The minimum Gasteiger partial charge on any atom is -0.380 e. The van der Waals surface area contributed by atoms with Crippen molar-refractivity contribution in [1.29, 1.82) is 0 Å². The van der Waals surface area contributed by atoms with Crippen LogP contribution in [-0.4, -0.2) is 25.8 Å². The summed E-state index contributed by atoms with van der Waals surface area (Å²) >= 11 is 0. The maximum absolute atomic E-state index is 5.63. The normalized spacial score (nSPS) is 16.5. The highest BCUT2D eigenvalue weighted by Gasteiger charge is 2.12. The quantitative estimate of drug-likeness (QED) is 0.731. The Kier molecular flexibility index (Phi) is 5.53. The second kappa shape index (κ2) is 7.46. The molecule has 0 aliphatic heterocycles. The SMILES string of the molecule is c1ccc(CCOCCNC2CCCC2)cc1. The van der Waals surface area contributed by atoms with Crippen LogP contribution in [0.2, 0.25) is 0 Å². The first-order valence-corrected chi connectivity index (χ1v) is 6.80. The van der Waals surface area contributed by atoms with Gasteiger partial charge in [0.05, 0.1) is 13.2 Å². The monoisotopic (exact) mass is 233 g/mol. The van der Waals surface area contributed by atoms with Gasteiger partial charge >= 0.3 is 0 Å². The molecule has 0 spiro atoms. The molecular weight excluding hydrogens is 210 g/mol. The van der Waals surface area contributed by atoms with E-state index >= 15 is 0 Å². The van der Waals surface area contributed by atoms with Crippen molar-refractivity contribution in [1.82, 2.24) is 5.32 Å². The van der Waals surface area contributed by atoms with Crippen LogP contribution >= 0.6 is 0 Å². The van der Waals surface area contributed by atoms with Gasteiger partial charge in [0, 0.05) is 12.6 Å². The molecule has 0 aromatic heterocycles.